The molecular weight excluding hydrogens is 234 g/mol. The molecule has 6 nitrogen and oxygen atoms in total. The summed E-state index contributed by atoms with van der Waals surface area (Å²) in [5, 5.41) is 12.0. The highest BCUT2D eigenvalue weighted by atomic mass is 16.4. The van der Waals surface area contributed by atoms with Crippen molar-refractivity contribution < 1.29 is 14.3 Å². The van der Waals surface area contributed by atoms with Crippen molar-refractivity contribution in [1.29, 1.82) is 0 Å². The zero-order chi connectivity index (χ0) is 12.5. The van der Waals surface area contributed by atoms with E-state index in [9.17, 15) is 4.79 Å². The van der Waals surface area contributed by atoms with Crippen LogP contribution < -0.4 is 5.32 Å². The molecule has 3 rings (SSSR count). The summed E-state index contributed by atoms with van der Waals surface area (Å²) in [5.41, 5.74) is 1.89. The van der Waals surface area contributed by atoms with Crippen molar-refractivity contribution in [1.82, 2.24) is 14.9 Å². The average molecular weight is 247 g/mol. The SMILES string of the molecule is O=C(O)C1Cc2c(ncn2Cc2ccco2)CN1. The van der Waals surface area contributed by atoms with Crippen LogP contribution in [0.3, 0.4) is 0 Å². The first-order valence-electron chi connectivity index (χ1n) is 5.75. The number of rotatable bonds is 3. The maximum Gasteiger partial charge on any atom is 0.321 e. The van der Waals surface area contributed by atoms with E-state index in [1.165, 1.54) is 0 Å². The number of hydrogen-bond donors (Lipinski definition) is 2. The second kappa shape index (κ2) is 4.30. The van der Waals surface area contributed by atoms with Crippen molar-refractivity contribution in [3.63, 3.8) is 0 Å². The highest BCUT2D eigenvalue weighted by molar-refractivity contribution is 5.74. The summed E-state index contributed by atoms with van der Waals surface area (Å²) in [7, 11) is 0. The smallest absolute Gasteiger partial charge is 0.321 e. The van der Waals surface area contributed by atoms with Crippen LogP contribution in [-0.4, -0.2) is 26.7 Å². The number of hydrogen-bond acceptors (Lipinski definition) is 4. The number of nitrogens with zero attached hydrogens (tertiary/aromatic N) is 2. The Morgan fingerprint density at radius 1 is 1.67 bits per heavy atom. The molecule has 0 saturated heterocycles. The molecule has 6 heteroatoms. The monoisotopic (exact) mass is 247 g/mol. The van der Waals surface area contributed by atoms with Gasteiger partial charge >= 0.3 is 5.97 Å². The molecule has 1 aliphatic rings. The molecule has 0 amide bonds. The minimum absolute atomic E-state index is 0.450. The van der Waals surface area contributed by atoms with E-state index in [0.717, 1.165) is 17.1 Å². The van der Waals surface area contributed by atoms with E-state index in [1.54, 1.807) is 12.6 Å². The number of carbonyl (C=O) groups is 1. The molecule has 18 heavy (non-hydrogen) atoms. The third-order valence-corrected chi connectivity index (χ3v) is 3.15. The van der Waals surface area contributed by atoms with E-state index in [0.29, 0.717) is 19.5 Å². The van der Waals surface area contributed by atoms with E-state index in [4.69, 9.17) is 9.52 Å². The van der Waals surface area contributed by atoms with Crippen LogP contribution >= 0.6 is 0 Å². The first kappa shape index (κ1) is 11.0. The molecule has 2 aromatic heterocycles. The molecule has 0 spiro atoms. The van der Waals surface area contributed by atoms with Gasteiger partial charge in [0.2, 0.25) is 0 Å². The number of carboxylic acid groups (broad SMARTS) is 1. The largest absolute Gasteiger partial charge is 0.480 e. The van der Waals surface area contributed by atoms with E-state index in [1.807, 2.05) is 16.7 Å². The Kier molecular flexibility index (Phi) is 2.64. The molecule has 94 valence electrons. The molecule has 0 radical (unpaired) electrons. The number of imidazole rings is 1. The lowest BCUT2D eigenvalue weighted by Crippen LogP contribution is -2.42. The van der Waals surface area contributed by atoms with Crippen LogP contribution in [0.2, 0.25) is 0 Å². The van der Waals surface area contributed by atoms with Crippen LogP contribution in [0.25, 0.3) is 0 Å². The number of aliphatic carboxylic acids is 1. The summed E-state index contributed by atoms with van der Waals surface area (Å²) >= 11 is 0. The molecule has 1 atom stereocenters. The Bertz CT molecular complexity index is 559. The van der Waals surface area contributed by atoms with E-state index in [-0.39, 0.29) is 0 Å². The van der Waals surface area contributed by atoms with Crippen molar-refractivity contribution >= 4 is 5.97 Å². The van der Waals surface area contributed by atoms with Gasteiger partial charge in [-0.05, 0) is 12.1 Å². The second-order valence-electron chi connectivity index (χ2n) is 4.32. The summed E-state index contributed by atoms with van der Waals surface area (Å²) in [6.45, 7) is 1.08. The lowest BCUT2D eigenvalue weighted by molar-refractivity contribution is -0.139. The minimum atomic E-state index is -0.827. The summed E-state index contributed by atoms with van der Waals surface area (Å²) in [6.07, 6.45) is 3.81. The Balaban J connectivity index is 1.85. The maximum atomic E-state index is 11.0. The molecule has 1 unspecified atom stereocenters. The van der Waals surface area contributed by atoms with E-state index >= 15 is 0 Å². The van der Waals surface area contributed by atoms with Crippen LogP contribution in [0.4, 0.5) is 0 Å². The van der Waals surface area contributed by atoms with Gasteiger partial charge in [-0.2, -0.15) is 0 Å². The normalized spacial score (nSPS) is 18.6. The third-order valence-electron chi connectivity index (χ3n) is 3.15. The molecular formula is C12H13N3O3. The van der Waals surface area contributed by atoms with Gasteiger partial charge in [-0.15, -0.1) is 0 Å². The summed E-state index contributed by atoms with van der Waals surface area (Å²) in [6, 6.07) is 3.19. The van der Waals surface area contributed by atoms with Crippen molar-refractivity contribution in [3.8, 4) is 0 Å². The molecule has 3 heterocycles. The Morgan fingerprint density at radius 2 is 2.56 bits per heavy atom. The predicted molar refractivity (Wildman–Crippen MR) is 62.0 cm³/mol. The van der Waals surface area contributed by atoms with Gasteiger partial charge in [-0.25, -0.2) is 4.98 Å². The van der Waals surface area contributed by atoms with Crippen LogP contribution in [-0.2, 0) is 24.3 Å². The fourth-order valence-electron chi connectivity index (χ4n) is 2.20. The fourth-order valence-corrected chi connectivity index (χ4v) is 2.20. The Labute approximate surface area is 103 Å². The number of carboxylic acids is 1. The molecule has 0 fully saturated rings. The lowest BCUT2D eigenvalue weighted by Gasteiger charge is -2.21. The Hall–Kier alpha value is -2.08. The zero-order valence-electron chi connectivity index (χ0n) is 9.67. The number of nitrogens with one attached hydrogen (secondary N) is 1. The molecule has 0 aliphatic carbocycles. The highest BCUT2D eigenvalue weighted by Gasteiger charge is 2.27. The number of aromatic nitrogens is 2. The van der Waals surface area contributed by atoms with Gasteiger partial charge in [0.1, 0.15) is 11.8 Å². The quantitative estimate of drug-likeness (QED) is 0.831. The van der Waals surface area contributed by atoms with E-state index in [2.05, 4.69) is 10.3 Å². The van der Waals surface area contributed by atoms with Crippen molar-refractivity contribution in [2.75, 3.05) is 0 Å². The molecule has 1 aliphatic heterocycles. The average Bonchev–Trinajstić information content (AvgIpc) is 2.99. The third kappa shape index (κ3) is 1.91. The minimum Gasteiger partial charge on any atom is -0.480 e. The molecule has 0 aromatic carbocycles. The van der Waals surface area contributed by atoms with Gasteiger partial charge < -0.3 is 14.1 Å². The molecule has 0 saturated carbocycles. The van der Waals surface area contributed by atoms with Crippen molar-refractivity contribution in [3.05, 3.63) is 41.9 Å². The van der Waals surface area contributed by atoms with Gasteiger partial charge in [0.25, 0.3) is 0 Å². The highest BCUT2D eigenvalue weighted by Crippen LogP contribution is 2.17. The van der Waals surface area contributed by atoms with Crippen molar-refractivity contribution in [2.24, 2.45) is 0 Å². The van der Waals surface area contributed by atoms with Gasteiger partial charge in [0.15, 0.2) is 0 Å². The topological polar surface area (TPSA) is 80.3 Å². The summed E-state index contributed by atoms with van der Waals surface area (Å²) < 4.78 is 7.24. The van der Waals surface area contributed by atoms with E-state index < -0.39 is 12.0 Å². The van der Waals surface area contributed by atoms with Crippen LogP contribution in [0.1, 0.15) is 17.1 Å². The Morgan fingerprint density at radius 3 is 3.28 bits per heavy atom. The predicted octanol–water partition coefficient (Wildman–Crippen LogP) is 0.623. The zero-order valence-corrected chi connectivity index (χ0v) is 9.67. The lowest BCUT2D eigenvalue weighted by atomic mass is 10.1. The molecule has 2 N–H and O–H groups in total. The molecule has 2 aromatic rings. The maximum absolute atomic E-state index is 11.0. The first-order valence-corrected chi connectivity index (χ1v) is 5.75. The van der Waals surface area contributed by atoms with Gasteiger partial charge in [0.05, 0.1) is 24.8 Å². The van der Waals surface area contributed by atoms with Gasteiger partial charge in [-0.3, -0.25) is 10.1 Å². The summed E-state index contributed by atoms with van der Waals surface area (Å²) in [4.78, 5) is 15.3. The first-order chi connectivity index (χ1) is 8.74. The number of furan rings is 1. The van der Waals surface area contributed by atoms with Crippen molar-refractivity contribution in [2.45, 2.75) is 25.6 Å². The summed E-state index contributed by atoms with van der Waals surface area (Å²) in [5.74, 6) is 0.00649. The van der Waals surface area contributed by atoms with Gasteiger partial charge in [-0.1, -0.05) is 0 Å². The van der Waals surface area contributed by atoms with Crippen LogP contribution in [0.15, 0.2) is 29.1 Å². The van der Waals surface area contributed by atoms with Crippen LogP contribution in [0, 0.1) is 0 Å². The standard InChI is InChI=1S/C12H13N3O3/c16-12(17)9-4-11-10(5-13-9)14-7-15(11)6-8-2-1-3-18-8/h1-3,7,9,13H,4-6H2,(H,16,17). The second-order valence-corrected chi connectivity index (χ2v) is 4.32. The fraction of sp³-hybridized carbons (Fsp3) is 0.333. The molecule has 0 bridgehead atoms. The van der Waals surface area contributed by atoms with Crippen LogP contribution in [0.5, 0.6) is 0 Å². The number of fused-ring (bicyclic) bond motifs is 1. The van der Waals surface area contributed by atoms with Gasteiger partial charge in [0, 0.05) is 18.7 Å².